The van der Waals surface area contributed by atoms with Gasteiger partial charge in [0.15, 0.2) is 5.82 Å². The number of rotatable bonds is 6. The summed E-state index contributed by atoms with van der Waals surface area (Å²) in [5.74, 6) is 0.455. The van der Waals surface area contributed by atoms with Gasteiger partial charge in [-0.15, -0.1) is 0 Å². The Labute approximate surface area is 160 Å². The lowest BCUT2D eigenvalue weighted by Crippen LogP contribution is -2.03. The third kappa shape index (κ3) is 5.43. The largest absolute Gasteiger partial charge is 0.423 e. The summed E-state index contributed by atoms with van der Waals surface area (Å²) >= 11 is 0. The fourth-order valence-electron chi connectivity index (χ4n) is 2.21. The molecule has 0 unspecified atom stereocenters. The van der Waals surface area contributed by atoms with Crippen molar-refractivity contribution in [3.63, 3.8) is 0 Å². The van der Waals surface area contributed by atoms with Gasteiger partial charge < -0.3 is 4.74 Å². The molecule has 0 radical (unpaired) electrons. The van der Waals surface area contributed by atoms with Crippen LogP contribution < -0.4 is 4.74 Å². The normalized spacial score (nSPS) is 11.0. The summed E-state index contributed by atoms with van der Waals surface area (Å²) < 4.78 is 5.23. The van der Waals surface area contributed by atoms with Gasteiger partial charge in [0.05, 0.1) is 4.92 Å². The number of nitro groups is 1. The molecule has 0 aliphatic carbocycles. The lowest BCUT2D eigenvalue weighted by Gasteiger charge is -2.01. The third-order valence-electron chi connectivity index (χ3n) is 3.61. The van der Waals surface area contributed by atoms with Gasteiger partial charge in [0.25, 0.3) is 5.69 Å². The first kappa shape index (κ1) is 18.7. The molecule has 1 aromatic heterocycles. The molecule has 2 aromatic carbocycles. The minimum atomic E-state index is -0.548. The number of esters is 1. The summed E-state index contributed by atoms with van der Waals surface area (Å²) in [5, 5.41) is 10.6. The SMILES string of the molecule is O=C(/C=C/c1ccc([N+](=O)[O-])cc1)Oc1ccc(C=Nc2ccccn2)cc1. The maximum absolute atomic E-state index is 11.9. The van der Waals surface area contributed by atoms with Crippen LogP contribution in [0.1, 0.15) is 11.1 Å². The molecule has 0 saturated carbocycles. The highest BCUT2D eigenvalue weighted by atomic mass is 16.6. The van der Waals surface area contributed by atoms with Crippen molar-refractivity contribution >= 4 is 29.8 Å². The van der Waals surface area contributed by atoms with Gasteiger partial charge in [-0.3, -0.25) is 10.1 Å². The Morgan fingerprint density at radius 3 is 2.36 bits per heavy atom. The van der Waals surface area contributed by atoms with E-state index >= 15 is 0 Å². The van der Waals surface area contributed by atoms with Crippen LogP contribution in [0.25, 0.3) is 6.08 Å². The molecule has 138 valence electrons. The Morgan fingerprint density at radius 1 is 1.00 bits per heavy atom. The van der Waals surface area contributed by atoms with Crippen LogP contribution >= 0.6 is 0 Å². The summed E-state index contributed by atoms with van der Waals surface area (Å²) in [7, 11) is 0. The molecule has 0 spiro atoms. The molecule has 3 rings (SSSR count). The number of nitrogens with zero attached hydrogens (tertiary/aromatic N) is 3. The molecule has 0 amide bonds. The Kier molecular flexibility index (Phi) is 5.99. The molecule has 0 fully saturated rings. The average molecular weight is 373 g/mol. The van der Waals surface area contributed by atoms with E-state index in [4.69, 9.17) is 4.74 Å². The van der Waals surface area contributed by atoms with Crippen molar-refractivity contribution in [1.29, 1.82) is 0 Å². The molecule has 7 heteroatoms. The molecule has 28 heavy (non-hydrogen) atoms. The predicted octanol–water partition coefficient (Wildman–Crippen LogP) is 4.36. The second kappa shape index (κ2) is 9.00. The van der Waals surface area contributed by atoms with E-state index in [2.05, 4.69) is 9.98 Å². The van der Waals surface area contributed by atoms with Crippen LogP contribution in [0.2, 0.25) is 0 Å². The molecular weight excluding hydrogens is 358 g/mol. The van der Waals surface area contributed by atoms with Crippen LogP contribution in [0.3, 0.4) is 0 Å². The number of ether oxygens (including phenoxy) is 1. The maximum atomic E-state index is 11.9. The zero-order valence-electron chi connectivity index (χ0n) is 14.6. The lowest BCUT2D eigenvalue weighted by molar-refractivity contribution is -0.384. The maximum Gasteiger partial charge on any atom is 0.336 e. The van der Waals surface area contributed by atoms with Crippen molar-refractivity contribution in [3.05, 3.63) is 100 Å². The van der Waals surface area contributed by atoms with Gasteiger partial charge in [-0.25, -0.2) is 14.8 Å². The summed E-state index contributed by atoms with van der Waals surface area (Å²) in [6.45, 7) is 0. The Morgan fingerprint density at radius 2 is 1.71 bits per heavy atom. The van der Waals surface area contributed by atoms with Crippen LogP contribution in [0.5, 0.6) is 5.75 Å². The van der Waals surface area contributed by atoms with E-state index in [9.17, 15) is 14.9 Å². The zero-order chi connectivity index (χ0) is 19.8. The zero-order valence-corrected chi connectivity index (χ0v) is 14.6. The van der Waals surface area contributed by atoms with E-state index < -0.39 is 10.9 Å². The van der Waals surface area contributed by atoms with Crippen LogP contribution in [-0.4, -0.2) is 22.1 Å². The molecule has 0 aliphatic rings. The fraction of sp³-hybridized carbons (Fsp3) is 0. The van der Waals surface area contributed by atoms with E-state index in [1.165, 1.54) is 24.3 Å². The second-order valence-electron chi connectivity index (χ2n) is 5.62. The molecule has 7 nitrogen and oxygen atoms in total. The number of benzene rings is 2. The van der Waals surface area contributed by atoms with E-state index in [1.807, 2.05) is 12.1 Å². The predicted molar refractivity (Wildman–Crippen MR) is 106 cm³/mol. The number of hydrogen-bond acceptors (Lipinski definition) is 6. The van der Waals surface area contributed by atoms with Crippen molar-refractivity contribution < 1.29 is 14.5 Å². The number of aliphatic imine (C=N–C) groups is 1. The van der Waals surface area contributed by atoms with Crippen molar-refractivity contribution in [2.45, 2.75) is 0 Å². The smallest absolute Gasteiger partial charge is 0.336 e. The molecule has 0 bridgehead atoms. The molecule has 0 aliphatic heterocycles. The Balaban J connectivity index is 1.56. The Hall–Kier alpha value is -4.13. The van der Waals surface area contributed by atoms with Gasteiger partial charge in [0.1, 0.15) is 5.75 Å². The van der Waals surface area contributed by atoms with Gasteiger partial charge in [0.2, 0.25) is 0 Å². The van der Waals surface area contributed by atoms with Crippen molar-refractivity contribution in [2.24, 2.45) is 4.99 Å². The standard InChI is InChI=1S/C21H15N3O4/c25-21(13-8-16-4-9-18(10-5-16)24(26)27)28-19-11-6-17(7-12-19)15-23-20-3-1-2-14-22-20/h1-15H/b13-8+,23-15?. The van der Waals surface area contributed by atoms with Gasteiger partial charge in [0, 0.05) is 30.6 Å². The number of pyridine rings is 1. The minimum absolute atomic E-state index is 0.00796. The molecule has 1 heterocycles. The number of carbonyl (C=O) groups excluding carboxylic acids is 1. The minimum Gasteiger partial charge on any atom is -0.423 e. The van der Waals surface area contributed by atoms with Gasteiger partial charge in [-0.1, -0.05) is 6.07 Å². The summed E-state index contributed by atoms with van der Waals surface area (Å²) in [6.07, 6.45) is 6.12. The summed E-state index contributed by atoms with van der Waals surface area (Å²) in [5.41, 5.74) is 1.49. The van der Waals surface area contributed by atoms with Gasteiger partial charge in [-0.05, 0) is 65.7 Å². The quantitative estimate of drug-likeness (QED) is 0.160. The van der Waals surface area contributed by atoms with Gasteiger partial charge >= 0.3 is 5.97 Å². The number of hydrogen-bond donors (Lipinski definition) is 0. The summed E-state index contributed by atoms with van der Waals surface area (Å²) in [6, 6.07) is 18.2. The molecule has 3 aromatic rings. The van der Waals surface area contributed by atoms with Crippen LogP contribution in [0.4, 0.5) is 11.5 Å². The molecule has 0 N–H and O–H groups in total. The second-order valence-corrected chi connectivity index (χ2v) is 5.62. The number of nitro benzene ring substituents is 1. The van der Waals surface area contributed by atoms with Crippen LogP contribution in [0.15, 0.2) is 84.0 Å². The van der Waals surface area contributed by atoms with Crippen LogP contribution in [-0.2, 0) is 4.79 Å². The number of carbonyl (C=O) groups is 1. The highest BCUT2D eigenvalue weighted by Crippen LogP contribution is 2.15. The number of aromatic nitrogens is 1. The fourth-order valence-corrected chi connectivity index (χ4v) is 2.21. The molecular formula is C21H15N3O4. The highest BCUT2D eigenvalue weighted by Gasteiger charge is 2.04. The monoisotopic (exact) mass is 373 g/mol. The summed E-state index contributed by atoms with van der Waals surface area (Å²) in [4.78, 5) is 30.4. The van der Waals surface area contributed by atoms with E-state index in [1.54, 1.807) is 54.9 Å². The van der Waals surface area contributed by atoms with E-state index in [0.717, 1.165) is 5.56 Å². The van der Waals surface area contributed by atoms with E-state index in [-0.39, 0.29) is 5.69 Å². The van der Waals surface area contributed by atoms with Crippen molar-refractivity contribution in [3.8, 4) is 5.75 Å². The number of non-ortho nitro benzene ring substituents is 1. The topological polar surface area (TPSA) is 94.7 Å². The molecule has 0 saturated heterocycles. The average Bonchev–Trinajstić information content (AvgIpc) is 2.73. The van der Waals surface area contributed by atoms with E-state index in [0.29, 0.717) is 17.1 Å². The lowest BCUT2D eigenvalue weighted by atomic mass is 10.2. The first-order valence-corrected chi connectivity index (χ1v) is 8.30. The highest BCUT2D eigenvalue weighted by molar-refractivity contribution is 5.89. The first-order valence-electron chi connectivity index (χ1n) is 8.30. The Bertz CT molecular complexity index is 1010. The first-order chi connectivity index (χ1) is 13.6. The van der Waals surface area contributed by atoms with Crippen LogP contribution in [0, 0.1) is 10.1 Å². The molecule has 0 atom stereocenters. The third-order valence-corrected chi connectivity index (χ3v) is 3.61. The van der Waals surface area contributed by atoms with Gasteiger partial charge in [-0.2, -0.15) is 0 Å². The van der Waals surface area contributed by atoms with Crippen molar-refractivity contribution in [2.75, 3.05) is 0 Å². The van der Waals surface area contributed by atoms with Crippen molar-refractivity contribution in [1.82, 2.24) is 4.98 Å².